The Kier molecular flexibility index (Phi) is 2.32. The van der Waals surface area contributed by atoms with Gasteiger partial charge in [0, 0.05) is 18.5 Å². The number of likely N-dealkylation sites (tertiary alicyclic amines) is 1. The zero-order valence-electron chi connectivity index (χ0n) is 9.55. The molecule has 1 heterocycles. The third-order valence-corrected chi connectivity index (χ3v) is 4.23. The van der Waals surface area contributed by atoms with Crippen molar-refractivity contribution in [1.29, 1.82) is 0 Å². The van der Waals surface area contributed by atoms with Crippen LogP contribution in [0, 0.1) is 11.8 Å². The molecular weight excluding hydrogens is 174 g/mol. The van der Waals surface area contributed by atoms with Crippen LogP contribution in [0.3, 0.4) is 0 Å². The average molecular weight is 195 g/mol. The first kappa shape index (κ1) is 10.0. The number of rotatable bonds is 3. The van der Waals surface area contributed by atoms with Crippen molar-refractivity contribution in [3.05, 3.63) is 0 Å². The summed E-state index contributed by atoms with van der Waals surface area (Å²) in [7, 11) is 1.99. The number of carbonyl (C=O) groups is 1. The van der Waals surface area contributed by atoms with Crippen LogP contribution in [0.4, 0.5) is 0 Å². The number of carbonyl (C=O) groups excluding carboxylic acids is 1. The lowest BCUT2D eigenvalue weighted by Gasteiger charge is -2.17. The molecule has 1 aliphatic heterocycles. The summed E-state index contributed by atoms with van der Waals surface area (Å²) in [6.45, 7) is 4.46. The summed E-state index contributed by atoms with van der Waals surface area (Å²) in [5, 5.41) is 0. The van der Waals surface area contributed by atoms with Crippen LogP contribution in [0.5, 0.6) is 0 Å². The van der Waals surface area contributed by atoms with Gasteiger partial charge in [0.2, 0.25) is 5.91 Å². The molecule has 0 N–H and O–H groups in total. The van der Waals surface area contributed by atoms with Gasteiger partial charge in [-0.25, -0.2) is 0 Å². The van der Waals surface area contributed by atoms with Crippen molar-refractivity contribution in [3.63, 3.8) is 0 Å². The fourth-order valence-corrected chi connectivity index (χ4v) is 2.71. The highest BCUT2D eigenvalue weighted by atomic mass is 16.2. The Bertz CT molecular complexity index is 245. The molecule has 80 valence electrons. The normalized spacial score (nSPS) is 31.2. The zero-order valence-corrected chi connectivity index (χ0v) is 9.55. The molecule has 2 heteroatoms. The topological polar surface area (TPSA) is 20.3 Å². The second-order valence-electron chi connectivity index (χ2n) is 5.27. The van der Waals surface area contributed by atoms with E-state index in [2.05, 4.69) is 13.8 Å². The predicted octanol–water partition coefficient (Wildman–Crippen LogP) is 2.43. The molecule has 1 aliphatic carbocycles. The van der Waals surface area contributed by atoms with E-state index in [1.807, 2.05) is 11.9 Å². The van der Waals surface area contributed by atoms with Crippen molar-refractivity contribution in [1.82, 2.24) is 4.90 Å². The molecule has 0 aromatic rings. The molecule has 0 aromatic heterocycles. The molecule has 2 rings (SSSR count). The first-order valence-corrected chi connectivity index (χ1v) is 5.87. The first-order valence-electron chi connectivity index (χ1n) is 5.87. The molecule has 2 nitrogen and oxygen atoms in total. The minimum Gasteiger partial charge on any atom is -0.340 e. The van der Waals surface area contributed by atoms with Gasteiger partial charge < -0.3 is 4.90 Å². The molecule has 0 bridgehead atoms. The fraction of sp³-hybridized carbons (Fsp3) is 0.917. The van der Waals surface area contributed by atoms with E-state index in [-0.39, 0.29) is 0 Å². The lowest BCUT2D eigenvalue weighted by molar-refractivity contribution is -0.131. The summed E-state index contributed by atoms with van der Waals surface area (Å²) >= 11 is 0. The van der Waals surface area contributed by atoms with Crippen LogP contribution in [0.25, 0.3) is 0 Å². The maximum Gasteiger partial charge on any atom is 0.225 e. The van der Waals surface area contributed by atoms with Gasteiger partial charge in [0.15, 0.2) is 0 Å². The predicted molar refractivity (Wildman–Crippen MR) is 56.9 cm³/mol. The molecule has 1 amide bonds. The summed E-state index contributed by atoms with van der Waals surface area (Å²) in [5.74, 6) is 1.44. The van der Waals surface area contributed by atoms with E-state index in [4.69, 9.17) is 0 Å². The van der Waals surface area contributed by atoms with Gasteiger partial charge in [-0.1, -0.05) is 20.3 Å². The van der Waals surface area contributed by atoms with E-state index in [0.717, 1.165) is 12.8 Å². The summed E-state index contributed by atoms with van der Waals surface area (Å²) in [6.07, 6.45) is 5.91. The number of hydrogen-bond acceptors (Lipinski definition) is 1. The van der Waals surface area contributed by atoms with Crippen LogP contribution < -0.4 is 0 Å². The lowest BCUT2D eigenvalue weighted by atomic mass is 9.91. The van der Waals surface area contributed by atoms with Crippen LogP contribution in [0.2, 0.25) is 0 Å². The Morgan fingerprint density at radius 1 is 1.57 bits per heavy atom. The highest BCUT2D eigenvalue weighted by molar-refractivity contribution is 5.82. The van der Waals surface area contributed by atoms with Crippen LogP contribution in [-0.2, 0) is 4.79 Å². The van der Waals surface area contributed by atoms with Gasteiger partial charge in [0.25, 0.3) is 0 Å². The number of nitrogens with zero attached hydrogens (tertiary/aromatic N) is 1. The molecule has 2 aliphatic rings. The maximum atomic E-state index is 11.9. The van der Waals surface area contributed by atoms with Crippen molar-refractivity contribution in [2.45, 2.75) is 51.5 Å². The van der Waals surface area contributed by atoms with Crippen molar-refractivity contribution in [3.8, 4) is 0 Å². The summed E-state index contributed by atoms with van der Waals surface area (Å²) in [5.41, 5.74) is 0.315. The zero-order chi connectivity index (χ0) is 10.3. The van der Waals surface area contributed by atoms with Gasteiger partial charge in [-0.15, -0.1) is 0 Å². The van der Waals surface area contributed by atoms with Crippen molar-refractivity contribution >= 4 is 5.91 Å². The molecular formula is C12H21NO. The van der Waals surface area contributed by atoms with E-state index in [1.165, 1.54) is 19.3 Å². The standard InChI is InChI=1S/C12H21NO/c1-4-9(2)7-10-8-12(5-6-12)13(3)11(10)14/h9-10H,4-8H2,1-3H3. The van der Waals surface area contributed by atoms with Gasteiger partial charge in [-0.05, 0) is 31.6 Å². The maximum absolute atomic E-state index is 11.9. The highest BCUT2D eigenvalue weighted by Crippen LogP contribution is 2.52. The van der Waals surface area contributed by atoms with Crippen molar-refractivity contribution < 1.29 is 4.79 Å². The minimum absolute atomic E-state index is 0.315. The Morgan fingerprint density at radius 3 is 2.64 bits per heavy atom. The second kappa shape index (κ2) is 3.25. The van der Waals surface area contributed by atoms with E-state index >= 15 is 0 Å². The Labute approximate surface area is 86.7 Å². The van der Waals surface area contributed by atoms with Crippen LogP contribution in [-0.4, -0.2) is 23.4 Å². The molecule has 1 saturated heterocycles. The Hall–Kier alpha value is -0.530. The largest absolute Gasteiger partial charge is 0.340 e. The van der Waals surface area contributed by atoms with Crippen molar-refractivity contribution in [2.24, 2.45) is 11.8 Å². The molecule has 1 spiro atoms. The average Bonchev–Trinajstić information content (AvgIpc) is 2.91. The van der Waals surface area contributed by atoms with Crippen LogP contribution in [0.15, 0.2) is 0 Å². The number of amides is 1. The van der Waals surface area contributed by atoms with Gasteiger partial charge in [0.05, 0.1) is 0 Å². The SMILES string of the molecule is CCC(C)CC1CC2(CC2)N(C)C1=O. The van der Waals surface area contributed by atoms with E-state index in [9.17, 15) is 4.79 Å². The minimum atomic E-state index is 0.315. The molecule has 0 radical (unpaired) electrons. The smallest absolute Gasteiger partial charge is 0.225 e. The Balaban J connectivity index is 1.98. The van der Waals surface area contributed by atoms with Crippen LogP contribution >= 0.6 is 0 Å². The van der Waals surface area contributed by atoms with Crippen molar-refractivity contribution in [2.75, 3.05) is 7.05 Å². The fourth-order valence-electron chi connectivity index (χ4n) is 2.71. The molecule has 2 fully saturated rings. The van der Waals surface area contributed by atoms with E-state index in [1.54, 1.807) is 0 Å². The van der Waals surface area contributed by atoms with Crippen LogP contribution in [0.1, 0.15) is 46.0 Å². The third kappa shape index (κ3) is 1.45. The summed E-state index contributed by atoms with van der Waals surface area (Å²) in [4.78, 5) is 14.0. The number of hydrogen-bond donors (Lipinski definition) is 0. The highest BCUT2D eigenvalue weighted by Gasteiger charge is 2.56. The quantitative estimate of drug-likeness (QED) is 0.677. The monoisotopic (exact) mass is 195 g/mol. The third-order valence-electron chi connectivity index (χ3n) is 4.23. The summed E-state index contributed by atoms with van der Waals surface area (Å²) in [6, 6.07) is 0. The molecule has 14 heavy (non-hydrogen) atoms. The van der Waals surface area contributed by atoms with Gasteiger partial charge in [-0.2, -0.15) is 0 Å². The molecule has 2 atom stereocenters. The lowest BCUT2D eigenvalue weighted by Crippen LogP contribution is -2.31. The molecule has 0 aromatic carbocycles. The van der Waals surface area contributed by atoms with Gasteiger partial charge in [-0.3, -0.25) is 4.79 Å². The van der Waals surface area contributed by atoms with E-state index in [0.29, 0.717) is 23.3 Å². The molecule has 1 saturated carbocycles. The van der Waals surface area contributed by atoms with Gasteiger partial charge in [0.1, 0.15) is 0 Å². The second-order valence-corrected chi connectivity index (χ2v) is 5.27. The first-order chi connectivity index (χ1) is 6.59. The van der Waals surface area contributed by atoms with E-state index < -0.39 is 0 Å². The summed E-state index contributed by atoms with van der Waals surface area (Å²) < 4.78 is 0. The van der Waals surface area contributed by atoms with Gasteiger partial charge >= 0.3 is 0 Å². The Morgan fingerprint density at radius 2 is 2.21 bits per heavy atom. The molecule has 2 unspecified atom stereocenters.